The summed E-state index contributed by atoms with van der Waals surface area (Å²) in [5.74, 6) is -0.134. The summed E-state index contributed by atoms with van der Waals surface area (Å²) in [4.78, 5) is 18.3. The molecule has 0 aliphatic rings. The number of hydrogen-bond acceptors (Lipinski definition) is 3. The Morgan fingerprint density at radius 2 is 1.90 bits per heavy atom. The largest absolute Gasteiger partial charge is 0.389 e. The number of amides is 1. The van der Waals surface area contributed by atoms with Crippen LogP contribution >= 0.6 is 12.2 Å². The van der Waals surface area contributed by atoms with Gasteiger partial charge in [0.05, 0.1) is 0 Å². The first kappa shape index (κ1) is 15.1. The molecule has 0 aliphatic heterocycles. The molecule has 1 amide bonds. The topological polar surface area (TPSA) is 59.2 Å². The fourth-order valence-electron chi connectivity index (χ4n) is 1.90. The van der Waals surface area contributed by atoms with Gasteiger partial charge in [-0.2, -0.15) is 0 Å². The molecular weight excluding hydrogens is 282 g/mol. The van der Waals surface area contributed by atoms with Crippen LogP contribution in [0.4, 0.5) is 0 Å². The van der Waals surface area contributed by atoms with E-state index in [-0.39, 0.29) is 10.9 Å². The molecule has 0 bridgehead atoms. The maximum atomic E-state index is 12.3. The summed E-state index contributed by atoms with van der Waals surface area (Å²) in [7, 11) is 1.76. The average Bonchev–Trinajstić information content (AvgIpc) is 2.49. The third-order valence-corrected chi connectivity index (χ3v) is 3.39. The molecule has 0 saturated carbocycles. The normalized spacial score (nSPS) is 10.2. The molecule has 2 rings (SSSR count). The quantitative estimate of drug-likeness (QED) is 0.880. The summed E-state index contributed by atoms with van der Waals surface area (Å²) >= 11 is 4.86. The number of carbonyl (C=O) groups is 1. The van der Waals surface area contributed by atoms with Crippen LogP contribution in [-0.4, -0.2) is 27.8 Å². The lowest BCUT2D eigenvalue weighted by atomic mass is 10.1. The first-order chi connectivity index (χ1) is 9.97. The molecule has 4 nitrogen and oxygen atoms in total. The molecule has 0 aliphatic carbocycles. The summed E-state index contributed by atoms with van der Waals surface area (Å²) in [6, 6.07) is 11.4. The predicted molar refractivity (Wildman–Crippen MR) is 87.1 cm³/mol. The Kier molecular flexibility index (Phi) is 4.65. The molecule has 108 valence electrons. The number of pyridine rings is 1. The van der Waals surface area contributed by atoms with Crippen molar-refractivity contribution in [1.29, 1.82) is 0 Å². The fourth-order valence-corrected chi connectivity index (χ4v) is 2.02. The summed E-state index contributed by atoms with van der Waals surface area (Å²) in [5, 5.41) is 0. The van der Waals surface area contributed by atoms with Crippen molar-refractivity contribution < 1.29 is 4.79 Å². The molecule has 1 aromatic heterocycles. The zero-order valence-corrected chi connectivity index (χ0v) is 12.9. The lowest BCUT2D eigenvalue weighted by Crippen LogP contribution is -2.27. The van der Waals surface area contributed by atoms with Gasteiger partial charge in [-0.3, -0.25) is 9.78 Å². The summed E-state index contributed by atoms with van der Waals surface area (Å²) in [5.41, 5.74) is 8.82. The van der Waals surface area contributed by atoms with E-state index >= 15 is 0 Å². The second-order valence-electron chi connectivity index (χ2n) is 4.94. The zero-order valence-electron chi connectivity index (χ0n) is 12.0. The van der Waals surface area contributed by atoms with Gasteiger partial charge in [-0.15, -0.1) is 0 Å². The minimum Gasteiger partial charge on any atom is -0.389 e. The Balaban J connectivity index is 2.08. The maximum Gasteiger partial charge on any atom is 0.272 e. The summed E-state index contributed by atoms with van der Waals surface area (Å²) in [6.45, 7) is 2.57. The molecule has 0 radical (unpaired) electrons. The Labute approximate surface area is 129 Å². The van der Waals surface area contributed by atoms with Crippen molar-refractivity contribution in [2.24, 2.45) is 5.73 Å². The van der Waals surface area contributed by atoms with Crippen LogP contribution in [0.1, 0.15) is 27.2 Å². The van der Waals surface area contributed by atoms with Crippen molar-refractivity contribution in [2.75, 3.05) is 7.05 Å². The number of hydrogen-bond donors (Lipinski definition) is 1. The maximum absolute atomic E-state index is 12.3. The van der Waals surface area contributed by atoms with Crippen LogP contribution in [-0.2, 0) is 6.54 Å². The molecule has 0 atom stereocenters. The molecule has 1 heterocycles. The Hall–Kier alpha value is -2.27. The number of aryl methyl sites for hydroxylation is 1. The lowest BCUT2D eigenvalue weighted by molar-refractivity contribution is 0.0779. The van der Waals surface area contributed by atoms with Gasteiger partial charge in [0.15, 0.2) is 0 Å². The van der Waals surface area contributed by atoms with Crippen LogP contribution in [0.15, 0.2) is 42.6 Å². The van der Waals surface area contributed by atoms with Gasteiger partial charge in [0.25, 0.3) is 5.91 Å². The molecular formula is C16H17N3OS. The van der Waals surface area contributed by atoms with Crippen LogP contribution in [0, 0.1) is 6.92 Å². The van der Waals surface area contributed by atoms with E-state index in [9.17, 15) is 4.79 Å². The lowest BCUT2D eigenvalue weighted by Gasteiger charge is -2.17. The smallest absolute Gasteiger partial charge is 0.272 e. The van der Waals surface area contributed by atoms with E-state index in [2.05, 4.69) is 4.98 Å². The molecule has 0 spiro atoms. The van der Waals surface area contributed by atoms with E-state index in [1.807, 2.05) is 31.2 Å². The zero-order chi connectivity index (χ0) is 15.4. The van der Waals surface area contributed by atoms with Crippen molar-refractivity contribution in [2.45, 2.75) is 13.5 Å². The average molecular weight is 299 g/mol. The van der Waals surface area contributed by atoms with Gasteiger partial charge in [-0.1, -0.05) is 42.0 Å². The Morgan fingerprint density at radius 1 is 1.24 bits per heavy atom. The van der Waals surface area contributed by atoms with E-state index in [1.165, 1.54) is 11.8 Å². The van der Waals surface area contributed by atoms with E-state index in [4.69, 9.17) is 18.0 Å². The molecule has 2 aromatic rings. The monoisotopic (exact) mass is 299 g/mol. The highest BCUT2D eigenvalue weighted by molar-refractivity contribution is 7.80. The molecule has 1 aromatic carbocycles. The number of aromatic nitrogens is 1. The van der Waals surface area contributed by atoms with Crippen LogP contribution in [0.3, 0.4) is 0 Å². The van der Waals surface area contributed by atoms with E-state index in [0.29, 0.717) is 17.8 Å². The van der Waals surface area contributed by atoms with Gasteiger partial charge in [0.1, 0.15) is 10.7 Å². The summed E-state index contributed by atoms with van der Waals surface area (Å²) < 4.78 is 0. The third kappa shape index (κ3) is 3.86. The first-order valence-corrected chi connectivity index (χ1v) is 6.95. The second kappa shape index (κ2) is 6.45. The minimum atomic E-state index is -0.134. The highest BCUT2D eigenvalue weighted by atomic mass is 32.1. The fraction of sp³-hybridized carbons (Fsp3) is 0.188. The van der Waals surface area contributed by atoms with Crippen molar-refractivity contribution in [3.8, 4) is 0 Å². The van der Waals surface area contributed by atoms with Crippen LogP contribution in [0.25, 0.3) is 0 Å². The van der Waals surface area contributed by atoms with Crippen LogP contribution < -0.4 is 5.73 Å². The van der Waals surface area contributed by atoms with Crippen LogP contribution in [0.5, 0.6) is 0 Å². The number of benzene rings is 1. The van der Waals surface area contributed by atoms with Crippen molar-refractivity contribution >= 4 is 23.1 Å². The number of carbonyl (C=O) groups excluding carboxylic acids is 1. The highest BCUT2D eigenvalue weighted by Gasteiger charge is 2.13. The summed E-state index contributed by atoms with van der Waals surface area (Å²) in [6.07, 6.45) is 1.52. The van der Waals surface area contributed by atoms with E-state index < -0.39 is 0 Å². The van der Waals surface area contributed by atoms with Crippen molar-refractivity contribution in [1.82, 2.24) is 9.88 Å². The molecule has 2 N–H and O–H groups in total. The Bertz CT molecular complexity index is 650. The van der Waals surface area contributed by atoms with Gasteiger partial charge in [-0.05, 0) is 24.6 Å². The standard InChI is InChI=1S/C16H17N3OS/c1-11-3-5-12(6-4-11)10-19(2)16(20)14-8-7-13(9-18-14)15(17)21/h3-9H,10H2,1-2H3,(H2,17,21). The van der Waals surface area contributed by atoms with E-state index in [0.717, 1.165) is 5.56 Å². The number of nitrogens with two attached hydrogens (primary N) is 1. The van der Waals surface area contributed by atoms with Gasteiger partial charge >= 0.3 is 0 Å². The predicted octanol–water partition coefficient (Wildman–Crippen LogP) is 2.30. The van der Waals surface area contributed by atoms with Gasteiger partial charge in [0.2, 0.25) is 0 Å². The third-order valence-electron chi connectivity index (χ3n) is 3.15. The molecule has 0 unspecified atom stereocenters. The number of rotatable bonds is 4. The van der Waals surface area contributed by atoms with Gasteiger partial charge in [0, 0.05) is 25.4 Å². The second-order valence-corrected chi connectivity index (χ2v) is 5.38. The van der Waals surface area contributed by atoms with Crippen molar-refractivity contribution in [3.63, 3.8) is 0 Å². The molecule has 21 heavy (non-hydrogen) atoms. The number of thiocarbonyl (C=S) groups is 1. The van der Waals surface area contributed by atoms with E-state index in [1.54, 1.807) is 24.1 Å². The molecule has 0 saturated heterocycles. The minimum absolute atomic E-state index is 0.134. The van der Waals surface area contributed by atoms with Crippen molar-refractivity contribution in [3.05, 3.63) is 65.0 Å². The molecule has 0 fully saturated rings. The SMILES string of the molecule is Cc1ccc(CN(C)C(=O)c2ccc(C(N)=S)cn2)cc1. The van der Waals surface area contributed by atoms with Gasteiger partial charge < -0.3 is 10.6 Å². The first-order valence-electron chi connectivity index (χ1n) is 6.54. The highest BCUT2D eigenvalue weighted by Crippen LogP contribution is 2.09. The Morgan fingerprint density at radius 3 is 2.43 bits per heavy atom. The van der Waals surface area contributed by atoms with Gasteiger partial charge in [-0.25, -0.2) is 0 Å². The number of nitrogens with zero attached hydrogens (tertiary/aromatic N) is 2. The van der Waals surface area contributed by atoms with Crippen LogP contribution in [0.2, 0.25) is 0 Å². The molecule has 5 heteroatoms.